The molecule has 0 radical (unpaired) electrons. The molecule has 1 saturated carbocycles. The number of aliphatic hydroxyl groups excluding tert-OH is 1. The zero-order chi connectivity index (χ0) is 33.5. The Morgan fingerprint density at radius 2 is 1.68 bits per heavy atom. The van der Waals surface area contributed by atoms with Gasteiger partial charge in [-0.3, -0.25) is 4.79 Å². The van der Waals surface area contributed by atoms with E-state index in [1.54, 1.807) is 23.5 Å². The van der Waals surface area contributed by atoms with Gasteiger partial charge in [-0.1, -0.05) is 102 Å². The van der Waals surface area contributed by atoms with Crippen LogP contribution in [0.4, 0.5) is 0 Å². The van der Waals surface area contributed by atoms with E-state index >= 15 is 0 Å². The average Bonchev–Trinajstić information content (AvgIpc) is 3.53. The highest BCUT2D eigenvalue weighted by atomic mass is 32.2. The predicted molar refractivity (Wildman–Crippen MR) is 201 cm³/mol. The van der Waals surface area contributed by atoms with Crippen LogP contribution in [0.15, 0.2) is 83.5 Å². The molecule has 7 heteroatoms. The Morgan fingerprint density at radius 3 is 2.23 bits per heavy atom. The molecule has 6 rings (SSSR count). The first-order valence-electron chi connectivity index (χ1n) is 17.5. The van der Waals surface area contributed by atoms with E-state index in [0.717, 1.165) is 67.6 Å². The molecule has 2 aromatic carbocycles. The maximum absolute atomic E-state index is 14.6. The molecule has 4 atom stereocenters. The number of hydrogen-bond donors (Lipinski definition) is 1. The maximum atomic E-state index is 14.6. The molecule has 2 heterocycles. The van der Waals surface area contributed by atoms with Crippen LogP contribution in [0.2, 0.25) is 5.04 Å². The van der Waals surface area contributed by atoms with Crippen LogP contribution in [0.25, 0.3) is 0 Å². The van der Waals surface area contributed by atoms with Crippen LogP contribution < -0.4 is 10.4 Å². The topological polar surface area (TPSA) is 59.7 Å². The van der Waals surface area contributed by atoms with Crippen LogP contribution in [0.1, 0.15) is 94.8 Å². The Hall–Kier alpha value is -2.03. The number of carbonyl (C=O) groups excluding carboxylic acids is 1. The number of thioether (sulfide) groups is 2. The minimum Gasteiger partial charge on any atom is -0.461 e. The van der Waals surface area contributed by atoms with Gasteiger partial charge in [0.2, 0.25) is 5.78 Å². The summed E-state index contributed by atoms with van der Waals surface area (Å²) in [4.78, 5) is 14.6. The normalized spacial score (nSPS) is 25.0. The number of rotatable bonds is 10. The fraction of sp³-hybridized carbons (Fsp3) is 0.525. The van der Waals surface area contributed by atoms with Gasteiger partial charge in [-0.25, -0.2) is 0 Å². The zero-order valence-corrected chi connectivity index (χ0v) is 31.5. The standard InChI is InChI=1S/C40H52O4S2Si/c1-7-34(28(2)26-41)40(45-23-14-24-46-40)37(42)36-33-20-19-29-25-30(21-22-39(29,6)35(33)27-43-36)44-47(38(3,4)5,31-15-10-8-11-16-31)32-17-12-9-13-18-32/h8-13,15-18,27,29-30,34,41H,2,7,14,19-26H2,1,3-6H3/t29-,30+,34+,39+/m1/s1. The van der Waals surface area contributed by atoms with Crippen molar-refractivity contribution in [2.75, 3.05) is 18.1 Å². The van der Waals surface area contributed by atoms with Gasteiger partial charge in [-0.2, -0.15) is 0 Å². The molecule has 0 spiro atoms. The third kappa shape index (κ3) is 5.96. The summed E-state index contributed by atoms with van der Waals surface area (Å²) in [6.45, 7) is 15.7. The van der Waals surface area contributed by atoms with Gasteiger partial charge in [0.25, 0.3) is 8.32 Å². The second-order valence-electron chi connectivity index (χ2n) is 15.1. The van der Waals surface area contributed by atoms with E-state index in [-0.39, 0.29) is 34.9 Å². The van der Waals surface area contributed by atoms with Gasteiger partial charge in [-0.15, -0.1) is 23.5 Å². The van der Waals surface area contributed by atoms with Crippen molar-refractivity contribution >= 4 is 48.0 Å². The van der Waals surface area contributed by atoms with Gasteiger partial charge < -0.3 is 13.9 Å². The number of aliphatic hydroxyl groups is 1. The second kappa shape index (κ2) is 13.7. The first-order chi connectivity index (χ1) is 22.5. The lowest BCUT2D eigenvalue weighted by Gasteiger charge is -2.51. The van der Waals surface area contributed by atoms with E-state index in [9.17, 15) is 9.90 Å². The summed E-state index contributed by atoms with van der Waals surface area (Å²) in [5.74, 6) is 2.86. The summed E-state index contributed by atoms with van der Waals surface area (Å²) in [5, 5.41) is 12.7. The van der Waals surface area contributed by atoms with Crippen molar-refractivity contribution in [1.29, 1.82) is 0 Å². The van der Waals surface area contributed by atoms with E-state index in [4.69, 9.17) is 8.84 Å². The monoisotopic (exact) mass is 688 g/mol. The number of furan rings is 1. The molecule has 0 bridgehead atoms. The highest BCUT2D eigenvalue weighted by Gasteiger charge is 2.55. The predicted octanol–water partition coefficient (Wildman–Crippen LogP) is 8.55. The van der Waals surface area contributed by atoms with Crippen molar-refractivity contribution in [1.82, 2.24) is 0 Å². The molecule has 47 heavy (non-hydrogen) atoms. The molecule has 0 unspecified atom stereocenters. The molecule has 3 aliphatic rings. The number of carbonyl (C=O) groups is 1. The Kier molecular flexibility index (Phi) is 10.2. The molecule has 1 aromatic heterocycles. The number of hydrogen-bond acceptors (Lipinski definition) is 6. The quantitative estimate of drug-likeness (QED) is 0.131. The Morgan fingerprint density at radius 1 is 1.06 bits per heavy atom. The summed E-state index contributed by atoms with van der Waals surface area (Å²) in [6.07, 6.45) is 8.82. The first kappa shape index (κ1) is 34.8. The van der Waals surface area contributed by atoms with Gasteiger partial charge in [-0.05, 0) is 88.8 Å². The SMILES string of the molecule is C=C(CO)[C@H](CC)C1(C(=O)c2occ3c2CC[C@@H]2C[C@@H](O[Si](c4ccccc4)(c4ccccc4)C(C)(C)C)CC[C@]32C)SCCCS1. The van der Waals surface area contributed by atoms with Crippen LogP contribution in [0, 0.1) is 11.8 Å². The number of benzene rings is 2. The summed E-state index contributed by atoms with van der Waals surface area (Å²) in [6, 6.07) is 22.0. The maximum Gasteiger partial charge on any atom is 0.261 e. The molecule has 0 amide bonds. The molecule has 252 valence electrons. The van der Waals surface area contributed by atoms with Gasteiger partial charge in [0, 0.05) is 23.1 Å². The Balaban J connectivity index is 1.30. The van der Waals surface area contributed by atoms with E-state index in [0.29, 0.717) is 11.7 Å². The van der Waals surface area contributed by atoms with Crippen LogP contribution in [0.5, 0.6) is 0 Å². The highest BCUT2D eigenvalue weighted by molar-refractivity contribution is 8.20. The third-order valence-corrected chi connectivity index (χ3v) is 20.0. The summed E-state index contributed by atoms with van der Waals surface area (Å²) in [7, 11) is -2.65. The molecule has 2 fully saturated rings. The average molecular weight is 689 g/mol. The van der Waals surface area contributed by atoms with Crippen LogP contribution in [-0.2, 0) is 16.3 Å². The lowest BCUT2D eigenvalue weighted by atomic mass is 9.58. The van der Waals surface area contributed by atoms with E-state index in [2.05, 4.69) is 102 Å². The number of fused-ring (bicyclic) bond motifs is 3. The van der Waals surface area contributed by atoms with Crippen molar-refractivity contribution < 1.29 is 18.7 Å². The molecule has 3 aromatic rings. The minimum absolute atomic E-state index is 0.0558. The van der Waals surface area contributed by atoms with Gasteiger partial charge in [0.1, 0.15) is 4.08 Å². The van der Waals surface area contributed by atoms with Crippen molar-refractivity contribution in [3.8, 4) is 0 Å². The van der Waals surface area contributed by atoms with Gasteiger partial charge in [0.15, 0.2) is 5.76 Å². The lowest BCUT2D eigenvalue weighted by Crippen LogP contribution is -2.68. The molecule has 1 saturated heterocycles. The van der Waals surface area contributed by atoms with Crippen LogP contribution in [-0.4, -0.2) is 47.5 Å². The summed E-state index contributed by atoms with van der Waals surface area (Å²) in [5.41, 5.74) is 3.04. The minimum atomic E-state index is -2.65. The highest BCUT2D eigenvalue weighted by Crippen LogP contribution is 2.56. The molecular weight excluding hydrogens is 637 g/mol. The molecule has 4 nitrogen and oxygen atoms in total. The number of Topliss-reactive ketones (excluding diaryl/α,β-unsaturated/α-hetero) is 1. The van der Waals surface area contributed by atoms with Gasteiger partial charge in [0.05, 0.1) is 12.9 Å². The second-order valence-corrected chi connectivity index (χ2v) is 22.3. The van der Waals surface area contributed by atoms with E-state index < -0.39 is 12.4 Å². The summed E-state index contributed by atoms with van der Waals surface area (Å²) < 4.78 is 13.3. The fourth-order valence-corrected chi connectivity index (χ4v) is 17.4. The van der Waals surface area contributed by atoms with Crippen molar-refractivity contribution in [2.24, 2.45) is 11.8 Å². The lowest BCUT2D eigenvalue weighted by molar-refractivity contribution is 0.0580. The molecule has 2 aliphatic carbocycles. The molecular formula is C40H52O4S2Si. The Bertz CT molecular complexity index is 1520. The van der Waals surface area contributed by atoms with E-state index in [1.165, 1.54) is 15.9 Å². The number of ketones is 1. The van der Waals surface area contributed by atoms with Crippen molar-refractivity contribution in [3.05, 3.63) is 96.0 Å². The molecule has 1 aliphatic heterocycles. The van der Waals surface area contributed by atoms with Crippen LogP contribution >= 0.6 is 23.5 Å². The van der Waals surface area contributed by atoms with Gasteiger partial charge >= 0.3 is 0 Å². The van der Waals surface area contributed by atoms with Crippen LogP contribution in [0.3, 0.4) is 0 Å². The zero-order valence-electron chi connectivity index (χ0n) is 28.8. The summed E-state index contributed by atoms with van der Waals surface area (Å²) >= 11 is 3.48. The fourth-order valence-electron chi connectivity index (χ4n) is 8.95. The first-order valence-corrected chi connectivity index (χ1v) is 21.4. The third-order valence-electron chi connectivity index (χ3n) is 11.5. The van der Waals surface area contributed by atoms with Crippen molar-refractivity contribution in [2.45, 2.75) is 100 Å². The smallest absolute Gasteiger partial charge is 0.261 e. The largest absolute Gasteiger partial charge is 0.461 e. The van der Waals surface area contributed by atoms with Crippen molar-refractivity contribution in [3.63, 3.8) is 0 Å². The van der Waals surface area contributed by atoms with E-state index in [1.807, 2.05) is 6.26 Å². The molecule has 1 N–H and O–H groups in total. The Labute approximate surface area is 291 Å².